The number of hydrogen-bond acceptors (Lipinski definition) is 3. The molecular weight excluding hydrogens is 379 g/mol. The van der Waals surface area contributed by atoms with Gasteiger partial charge in [0.15, 0.2) is 0 Å². The number of alkyl halides is 3. The van der Waals surface area contributed by atoms with E-state index in [1.807, 2.05) is 30.3 Å². The number of halogens is 3. The van der Waals surface area contributed by atoms with E-state index < -0.39 is 11.7 Å². The molecule has 1 N–H and O–H groups in total. The summed E-state index contributed by atoms with van der Waals surface area (Å²) < 4.78 is 38.0. The van der Waals surface area contributed by atoms with Gasteiger partial charge in [0.1, 0.15) is 0 Å². The summed E-state index contributed by atoms with van der Waals surface area (Å²) in [5, 5.41) is 2.85. The van der Waals surface area contributed by atoms with Crippen LogP contribution < -0.4 is 5.32 Å². The second kappa shape index (κ2) is 7.50. The van der Waals surface area contributed by atoms with Gasteiger partial charge in [-0.15, -0.1) is 0 Å². The minimum atomic E-state index is -4.39. The molecule has 0 unspecified atom stereocenters. The van der Waals surface area contributed by atoms with Gasteiger partial charge < -0.3 is 5.32 Å². The van der Waals surface area contributed by atoms with E-state index in [9.17, 15) is 18.0 Å². The molecule has 0 atom stereocenters. The molecule has 0 fully saturated rings. The van der Waals surface area contributed by atoms with Crippen LogP contribution in [0, 0.1) is 0 Å². The highest BCUT2D eigenvalue weighted by Crippen LogP contribution is 2.30. The third-order valence-electron chi connectivity index (χ3n) is 4.64. The van der Waals surface area contributed by atoms with E-state index in [4.69, 9.17) is 0 Å². The van der Waals surface area contributed by atoms with Gasteiger partial charge in [0.25, 0.3) is 0 Å². The molecular formula is C22H16F3N3O. The summed E-state index contributed by atoms with van der Waals surface area (Å²) >= 11 is 0. The summed E-state index contributed by atoms with van der Waals surface area (Å²) in [5.41, 5.74) is 3.74. The quantitative estimate of drug-likeness (QED) is 0.712. The SMILES string of the molecule is O=C(Cc1ccc(C(F)(F)F)cc1)NC1=CCc2ncc(-c3ccccn3)cc21. The number of pyridine rings is 2. The van der Waals surface area contributed by atoms with E-state index >= 15 is 0 Å². The standard InChI is InChI=1S/C22H16F3N3O/c23-22(24,25)16-6-4-14(5-7-16)11-21(29)28-20-9-8-19-17(20)12-15(13-27-19)18-3-1-2-10-26-18/h1-7,9-10,12-13H,8,11H2,(H,28,29). The lowest BCUT2D eigenvalue weighted by Gasteiger charge is -2.11. The normalized spacial score (nSPS) is 13.0. The Hall–Kier alpha value is -3.48. The maximum absolute atomic E-state index is 12.7. The first-order chi connectivity index (χ1) is 13.9. The van der Waals surface area contributed by atoms with Crippen LogP contribution in [0.15, 0.2) is 67.0 Å². The number of fused-ring (bicyclic) bond motifs is 1. The number of carbonyl (C=O) groups is 1. The molecule has 0 spiro atoms. The molecule has 1 aliphatic rings. The molecule has 0 saturated heterocycles. The predicted octanol–water partition coefficient (Wildman–Crippen LogP) is 4.42. The number of amides is 1. The van der Waals surface area contributed by atoms with E-state index in [0.29, 0.717) is 17.7 Å². The van der Waals surface area contributed by atoms with Gasteiger partial charge in [-0.3, -0.25) is 14.8 Å². The first-order valence-corrected chi connectivity index (χ1v) is 8.97. The van der Waals surface area contributed by atoms with Crippen molar-refractivity contribution in [2.24, 2.45) is 0 Å². The first-order valence-electron chi connectivity index (χ1n) is 8.97. The van der Waals surface area contributed by atoms with Crippen LogP contribution in [0.3, 0.4) is 0 Å². The number of nitrogens with zero attached hydrogens (tertiary/aromatic N) is 2. The molecule has 1 amide bonds. The zero-order chi connectivity index (χ0) is 20.4. The average molecular weight is 395 g/mol. The average Bonchev–Trinajstić information content (AvgIpc) is 3.10. The van der Waals surface area contributed by atoms with Gasteiger partial charge in [0.05, 0.1) is 23.4 Å². The van der Waals surface area contributed by atoms with Crippen LogP contribution in [0.4, 0.5) is 13.2 Å². The van der Waals surface area contributed by atoms with Crippen molar-refractivity contribution in [1.82, 2.24) is 15.3 Å². The maximum atomic E-state index is 12.7. The van der Waals surface area contributed by atoms with Gasteiger partial charge >= 0.3 is 6.18 Å². The highest BCUT2D eigenvalue weighted by atomic mass is 19.4. The van der Waals surface area contributed by atoms with Crippen molar-refractivity contribution in [2.45, 2.75) is 19.0 Å². The molecule has 1 aliphatic carbocycles. The van der Waals surface area contributed by atoms with Crippen molar-refractivity contribution in [1.29, 1.82) is 0 Å². The molecule has 0 radical (unpaired) electrons. The number of rotatable bonds is 4. The zero-order valence-electron chi connectivity index (χ0n) is 15.2. The fourth-order valence-electron chi connectivity index (χ4n) is 3.18. The highest BCUT2D eigenvalue weighted by Gasteiger charge is 2.30. The summed E-state index contributed by atoms with van der Waals surface area (Å²) in [6.45, 7) is 0. The Balaban J connectivity index is 1.47. The van der Waals surface area contributed by atoms with E-state index in [1.165, 1.54) is 12.1 Å². The fourth-order valence-corrected chi connectivity index (χ4v) is 3.18. The second-order valence-corrected chi connectivity index (χ2v) is 6.67. The zero-order valence-corrected chi connectivity index (χ0v) is 15.2. The number of aromatic nitrogens is 2. The molecule has 2 heterocycles. The Morgan fingerprint density at radius 3 is 2.55 bits per heavy atom. The number of nitrogens with one attached hydrogen (secondary N) is 1. The summed E-state index contributed by atoms with van der Waals surface area (Å²) in [6, 6.07) is 12.1. The Bertz CT molecular complexity index is 1070. The summed E-state index contributed by atoms with van der Waals surface area (Å²) in [5.74, 6) is -0.299. The van der Waals surface area contributed by atoms with Crippen molar-refractivity contribution in [3.63, 3.8) is 0 Å². The van der Waals surface area contributed by atoms with Gasteiger partial charge in [-0.05, 0) is 35.9 Å². The van der Waals surface area contributed by atoms with Crippen LogP contribution in [0.2, 0.25) is 0 Å². The van der Waals surface area contributed by atoms with Crippen molar-refractivity contribution < 1.29 is 18.0 Å². The molecule has 4 rings (SSSR count). The van der Waals surface area contributed by atoms with Crippen LogP contribution in [0.1, 0.15) is 22.4 Å². The van der Waals surface area contributed by atoms with Crippen molar-refractivity contribution >= 4 is 11.6 Å². The number of hydrogen-bond donors (Lipinski definition) is 1. The van der Waals surface area contributed by atoms with Gasteiger partial charge in [-0.1, -0.05) is 24.3 Å². The van der Waals surface area contributed by atoms with Crippen molar-refractivity contribution in [3.05, 3.63) is 89.4 Å². The Labute approximate surface area is 165 Å². The molecule has 3 aromatic rings. The van der Waals surface area contributed by atoms with Gasteiger partial charge in [-0.25, -0.2) is 0 Å². The summed E-state index contributed by atoms with van der Waals surface area (Å²) in [7, 11) is 0. The van der Waals surface area contributed by atoms with Gasteiger partial charge in [-0.2, -0.15) is 13.2 Å². The first kappa shape index (κ1) is 18.9. The Morgan fingerprint density at radius 2 is 1.86 bits per heavy atom. The lowest BCUT2D eigenvalue weighted by Crippen LogP contribution is -2.23. The van der Waals surface area contributed by atoms with Crippen LogP contribution in [-0.4, -0.2) is 15.9 Å². The monoisotopic (exact) mass is 395 g/mol. The van der Waals surface area contributed by atoms with Crippen LogP contribution in [-0.2, 0) is 23.8 Å². The minimum Gasteiger partial charge on any atom is -0.325 e. The van der Waals surface area contributed by atoms with Crippen LogP contribution in [0.5, 0.6) is 0 Å². The highest BCUT2D eigenvalue weighted by molar-refractivity contribution is 5.90. The Morgan fingerprint density at radius 1 is 1.07 bits per heavy atom. The van der Waals surface area contributed by atoms with Crippen LogP contribution in [0.25, 0.3) is 17.0 Å². The Kier molecular flexibility index (Phi) is 4.88. The van der Waals surface area contributed by atoms with E-state index in [2.05, 4.69) is 15.3 Å². The fraction of sp³-hybridized carbons (Fsp3) is 0.136. The molecule has 0 saturated carbocycles. The van der Waals surface area contributed by atoms with Gasteiger partial charge in [0, 0.05) is 35.6 Å². The van der Waals surface area contributed by atoms with Crippen molar-refractivity contribution in [2.75, 3.05) is 0 Å². The van der Waals surface area contributed by atoms with Crippen LogP contribution >= 0.6 is 0 Å². The van der Waals surface area contributed by atoms with Crippen molar-refractivity contribution in [3.8, 4) is 11.3 Å². The molecule has 2 aromatic heterocycles. The molecule has 29 heavy (non-hydrogen) atoms. The number of benzene rings is 1. The second-order valence-electron chi connectivity index (χ2n) is 6.67. The topological polar surface area (TPSA) is 54.9 Å². The molecule has 0 bridgehead atoms. The van der Waals surface area contributed by atoms with Gasteiger partial charge in [0.2, 0.25) is 5.91 Å². The molecule has 0 aliphatic heterocycles. The largest absolute Gasteiger partial charge is 0.416 e. The maximum Gasteiger partial charge on any atom is 0.416 e. The smallest absolute Gasteiger partial charge is 0.325 e. The molecule has 7 heteroatoms. The summed E-state index contributed by atoms with van der Waals surface area (Å²) in [4.78, 5) is 21.2. The third kappa shape index (κ3) is 4.18. The lowest BCUT2D eigenvalue weighted by atomic mass is 10.1. The predicted molar refractivity (Wildman–Crippen MR) is 102 cm³/mol. The summed E-state index contributed by atoms with van der Waals surface area (Å²) in [6.07, 6.45) is 1.53. The van der Waals surface area contributed by atoms with E-state index in [-0.39, 0.29) is 12.3 Å². The lowest BCUT2D eigenvalue weighted by molar-refractivity contribution is -0.137. The third-order valence-corrected chi connectivity index (χ3v) is 4.64. The minimum absolute atomic E-state index is 0.0157. The number of carbonyl (C=O) groups excluding carboxylic acids is 1. The molecule has 146 valence electrons. The van der Waals surface area contributed by atoms with E-state index in [1.54, 1.807) is 12.4 Å². The molecule has 1 aromatic carbocycles. The molecule has 4 nitrogen and oxygen atoms in total. The van der Waals surface area contributed by atoms with E-state index in [0.717, 1.165) is 34.6 Å². The number of allylic oxidation sites excluding steroid dienone is 1.